The molecule has 0 aliphatic rings. The van der Waals surface area contributed by atoms with E-state index in [-0.39, 0.29) is 6.10 Å². The Morgan fingerprint density at radius 1 is 1.06 bits per heavy atom. The second kappa shape index (κ2) is 6.54. The summed E-state index contributed by atoms with van der Waals surface area (Å²) < 4.78 is 5.59. The van der Waals surface area contributed by atoms with Crippen LogP contribution in [0.5, 0.6) is 5.75 Å². The molecule has 0 atom stereocenters. The standard InChI is InChI=1S/C14H23NO/c1-11(2)9-15-10-13-5-7-14(8-6-13)16-12(3)4/h5-8,11-12,15H,9-10H2,1-4H3. The first-order valence-electron chi connectivity index (χ1n) is 6.04. The molecule has 0 spiro atoms. The highest BCUT2D eigenvalue weighted by Crippen LogP contribution is 2.13. The summed E-state index contributed by atoms with van der Waals surface area (Å²) in [5.74, 6) is 1.64. The SMILES string of the molecule is CC(C)CNCc1ccc(OC(C)C)cc1. The van der Waals surface area contributed by atoms with Gasteiger partial charge in [0.2, 0.25) is 0 Å². The minimum absolute atomic E-state index is 0.241. The van der Waals surface area contributed by atoms with Crippen molar-refractivity contribution in [3.63, 3.8) is 0 Å². The molecule has 0 unspecified atom stereocenters. The molecule has 2 heteroatoms. The van der Waals surface area contributed by atoms with Crippen molar-refractivity contribution in [3.8, 4) is 5.75 Å². The third kappa shape index (κ3) is 5.17. The molecule has 0 amide bonds. The fourth-order valence-corrected chi connectivity index (χ4v) is 1.46. The lowest BCUT2D eigenvalue weighted by atomic mass is 10.2. The maximum atomic E-state index is 5.59. The number of hydrogen-bond donors (Lipinski definition) is 1. The van der Waals surface area contributed by atoms with Crippen LogP contribution in [0.2, 0.25) is 0 Å². The molecular weight excluding hydrogens is 198 g/mol. The zero-order valence-corrected chi connectivity index (χ0v) is 10.8. The van der Waals surface area contributed by atoms with E-state index in [0.717, 1.165) is 18.8 Å². The van der Waals surface area contributed by atoms with Crippen LogP contribution >= 0.6 is 0 Å². The number of rotatable bonds is 6. The van der Waals surface area contributed by atoms with Gasteiger partial charge in [-0.1, -0.05) is 26.0 Å². The molecule has 0 saturated carbocycles. The van der Waals surface area contributed by atoms with Gasteiger partial charge in [-0.2, -0.15) is 0 Å². The molecule has 90 valence electrons. The summed E-state index contributed by atoms with van der Waals surface area (Å²) in [7, 11) is 0. The maximum absolute atomic E-state index is 5.59. The lowest BCUT2D eigenvalue weighted by Gasteiger charge is -2.11. The molecule has 1 aromatic rings. The first-order chi connectivity index (χ1) is 7.58. The van der Waals surface area contributed by atoms with E-state index in [1.807, 2.05) is 26.0 Å². The maximum Gasteiger partial charge on any atom is 0.119 e. The third-order valence-electron chi connectivity index (χ3n) is 2.18. The Morgan fingerprint density at radius 2 is 1.69 bits per heavy atom. The lowest BCUT2D eigenvalue weighted by Crippen LogP contribution is -2.18. The molecule has 0 heterocycles. The lowest BCUT2D eigenvalue weighted by molar-refractivity contribution is 0.242. The van der Waals surface area contributed by atoms with E-state index in [1.165, 1.54) is 5.56 Å². The molecule has 0 saturated heterocycles. The largest absolute Gasteiger partial charge is 0.491 e. The first kappa shape index (κ1) is 13.0. The number of hydrogen-bond acceptors (Lipinski definition) is 2. The van der Waals surface area contributed by atoms with E-state index in [1.54, 1.807) is 0 Å². The number of benzene rings is 1. The van der Waals surface area contributed by atoms with Gasteiger partial charge >= 0.3 is 0 Å². The van der Waals surface area contributed by atoms with E-state index in [2.05, 4.69) is 31.3 Å². The average Bonchev–Trinajstić information content (AvgIpc) is 2.19. The van der Waals surface area contributed by atoms with E-state index in [9.17, 15) is 0 Å². The normalized spacial score (nSPS) is 11.1. The first-order valence-corrected chi connectivity index (χ1v) is 6.04. The highest BCUT2D eigenvalue weighted by atomic mass is 16.5. The molecule has 2 nitrogen and oxygen atoms in total. The summed E-state index contributed by atoms with van der Waals surface area (Å²) in [5.41, 5.74) is 1.30. The van der Waals surface area contributed by atoms with Crippen LogP contribution in [0.1, 0.15) is 33.3 Å². The van der Waals surface area contributed by atoms with E-state index < -0.39 is 0 Å². The predicted octanol–water partition coefficient (Wildman–Crippen LogP) is 3.22. The number of ether oxygens (including phenoxy) is 1. The fraction of sp³-hybridized carbons (Fsp3) is 0.571. The zero-order valence-electron chi connectivity index (χ0n) is 10.8. The summed E-state index contributed by atoms with van der Waals surface area (Å²) in [6.07, 6.45) is 0.241. The summed E-state index contributed by atoms with van der Waals surface area (Å²) >= 11 is 0. The van der Waals surface area contributed by atoms with Crippen LogP contribution in [0.4, 0.5) is 0 Å². The Kier molecular flexibility index (Phi) is 5.33. The van der Waals surface area contributed by atoms with Crippen molar-refractivity contribution < 1.29 is 4.74 Å². The molecule has 0 aromatic heterocycles. The second-order valence-corrected chi connectivity index (χ2v) is 4.84. The van der Waals surface area contributed by atoms with Gasteiger partial charge < -0.3 is 10.1 Å². The van der Waals surface area contributed by atoms with Gasteiger partial charge in [0.25, 0.3) is 0 Å². The zero-order chi connectivity index (χ0) is 12.0. The minimum Gasteiger partial charge on any atom is -0.491 e. The summed E-state index contributed by atoms with van der Waals surface area (Å²) in [5, 5.41) is 3.42. The summed E-state index contributed by atoms with van der Waals surface area (Å²) in [6, 6.07) is 8.30. The predicted molar refractivity (Wildman–Crippen MR) is 68.8 cm³/mol. The molecule has 0 radical (unpaired) electrons. The Labute approximate surface area is 99.0 Å². The molecule has 0 aliphatic heterocycles. The quantitative estimate of drug-likeness (QED) is 0.796. The highest BCUT2D eigenvalue weighted by molar-refractivity contribution is 5.27. The highest BCUT2D eigenvalue weighted by Gasteiger charge is 1.98. The molecule has 1 N–H and O–H groups in total. The van der Waals surface area contributed by atoms with E-state index in [0.29, 0.717) is 5.92 Å². The van der Waals surface area contributed by atoms with Crippen LogP contribution in [0.3, 0.4) is 0 Å². The van der Waals surface area contributed by atoms with Gasteiger partial charge in [-0.05, 0) is 44.0 Å². The van der Waals surface area contributed by atoms with E-state index in [4.69, 9.17) is 4.74 Å². The van der Waals surface area contributed by atoms with Gasteiger partial charge in [0.15, 0.2) is 0 Å². The molecule has 0 bridgehead atoms. The second-order valence-electron chi connectivity index (χ2n) is 4.84. The Bertz CT molecular complexity index is 290. The smallest absolute Gasteiger partial charge is 0.119 e. The van der Waals surface area contributed by atoms with Crippen LogP contribution in [-0.2, 0) is 6.54 Å². The molecule has 1 aromatic carbocycles. The third-order valence-corrected chi connectivity index (χ3v) is 2.18. The average molecular weight is 221 g/mol. The van der Waals surface area contributed by atoms with E-state index >= 15 is 0 Å². The van der Waals surface area contributed by atoms with Crippen LogP contribution < -0.4 is 10.1 Å². The van der Waals surface area contributed by atoms with Crippen molar-refractivity contribution in [1.29, 1.82) is 0 Å². The summed E-state index contributed by atoms with van der Waals surface area (Å²) in [4.78, 5) is 0. The Hall–Kier alpha value is -1.02. The monoisotopic (exact) mass is 221 g/mol. The molecular formula is C14H23NO. The van der Waals surface area contributed by atoms with Crippen LogP contribution in [0, 0.1) is 5.92 Å². The molecule has 16 heavy (non-hydrogen) atoms. The molecule has 0 aliphatic carbocycles. The van der Waals surface area contributed by atoms with Crippen molar-refractivity contribution in [2.24, 2.45) is 5.92 Å². The van der Waals surface area contributed by atoms with Crippen LogP contribution in [0.25, 0.3) is 0 Å². The van der Waals surface area contributed by atoms with Gasteiger partial charge in [-0.25, -0.2) is 0 Å². The topological polar surface area (TPSA) is 21.3 Å². The summed E-state index contributed by atoms with van der Waals surface area (Å²) in [6.45, 7) is 10.5. The Balaban J connectivity index is 2.39. The van der Waals surface area contributed by atoms with Crippen molar-refractivity contribution in [2.45, 2.75) is 40.3 Å². The fourth-order valence-electron chi connectivity index (χ4n) is 1.46. The number of nitrogens with one attached hydrogen (secondary N) is 1. The van der Waals surface area contributed by atoms with Gasteiger partial charge in [0.1, 0.15) is 5.75 Å². The van der Waals surface area contributed by atoms with Crippen molar-refractivity contribution >= 4 is 0 Å². The van der Waals surface area contributed by atoms with Crippen molar-refractivity contribution in [3.05, 3.63) is 29.8 Å². The molecule has 0 fully saturated rings. The van der Waals surface area contributed by atoms with Crippen molar-refractivity contribution in [2.75, 3.05) is 6.54 Å². The van der Waals surface area contributed by atoms with Gasteiger partial charge in [-0.3, -0.25) is 0 Å². The van der Waals surface area contributed by atoms with Crippen LogP contribution in [-0.4, -0.2) is 12.6 Å². The van der Waals surface area contributed by atoms with Crippen LogP contribution in [0.15, 0.2) is 24.3 Å². The minimum atomic E-state index is 0.241. The molecule has 1 rings (SSSR count). The van der Waals surface area contributed by atoms with Gasteiger partial charge in [0, 0.05) is 6.54 Å². The Morgan fingerprint density at radius 3 is 2.19 bits per heavy atom. The van der Waals surface area contributed by atoms with Crippen molar-refractivity contribution in [1.82, 2.24) is 5.32 Å². The van der Waals surface area contributed by atoms with Gasteiger partial charge in [-0.15, -0.1) is 0 Å². The van der Waals surface area contributed by atoms with Gasteiger partial charge in [0.05, 0.1) is 6.10 Å².